The highest BCUT2D eigenvalue weighted by Gasteiger charge is 2.23. The van der Waals surface area contributed by atoms with Gasteiger partial charge in [-0.05, 0) is 19.3 Å². The summed E-state index contributed by atoms with van der Waals surface area (Å²) in [5.41, 5.74) is 0. The van der Waals surface area contributed by atoms with E-state index in [2.05, 4.69) is 41.8 Å². The van der Waals surface area contributed by atoms with Gasteiger partial charge in [-0.2, -0.15) is 0 Å². The van der Waals surface area contributed by atoms with Gasteiger partial charge in [-0.1, -0.05) is 27.2 Å². The SMILES string of the molecule is CCC[N+](C)(C)C(C)CC(C)CC. The lowest BCUT2D eigenvalue weighted by atomic mass is 9.98. The second kappa shape index (κ2) is 5.64. The normalized spacial score (nSPS) is 17.1. The molecule has 80 valence electrons. The van der Waals surface area contributed by atoms with Crippen LogP contribution in [0.1, 0.15) is 47.0 Å². The molecule has 0 amide bonds. The highest BCUT2D eigenvalue weighted by Crippen LogP contribution is 2.18. The lowest BCUT2D eigenvalue weighted by Crippen LogP contribution is -2.48. The van der Waals surface area contributed by atoms with E-state index in [4.69, 9.17) is 0 Å². The fraction of sp³-hybridized carbons (Fsp3) is 1.00. The zero-order chi connectivity index (χ0) is 10.5. The molecule has 0 aromatic heterocycles. The molecule has 0 rings (SSSR count). The summed E-state index contributed by atoms with van der Waals surface area (Å²) in [6, 6.07) is 0.801. The molecule has 13 heavy (non-hydrogen) atoms. The predicted octanol–water partition coefficient (Wildman–Crippen LogP) is 3.30. The molecule has 0 radical (unpaired) electrons. The Labute approximate surface area is 84.7 Å². The van der Waals surface area contributed by atoms with Crippen molar-refractivity contribution < 1.29 is 4.48 Å². The fourth-order valence-electron chi connectivity index (χ4n) is 1.83. The molecule has 0 saturated heterocycles. The van der Waals surface area contributed by atoms with E-state index in [1.807, 2.05) is 0 Å². The standard InChI is InChI=1S/C12H28N/c1-7-9-13(5,6)12(4)10-11(3)8-2/h11-12H,7-10H2,1-6H3/q+1. The maximum Gasteiger partial charge on any atom is 0.0860 e. The van der Waals surface area contributed by atoms with Crippen molar-refractivity contribution in [2.75, 3.05) is 20.6 Å². The van der Waals surface area contributed by atoms with Crippen LogP contribution in [0.15, 0.2) is 0 Å². The van der Waals surface area contributed by atoms with Crippen molar-refractivity contribution in [2.24, 2.45) is 5.92 Å². The largest absolute Gasteiger partial charge is 0.326 e. The van der Waals surface area contributed by atoms with Crippen molar-refractivity contribution in [1.82, 2.24) is 0 Å². The van der Waals surface area contributed by atoms with Gasteiger partial charge in [0.2, 0.25) is 0 Å². The molecule has 2 atom stereocenters. The molecular weight excluding hydrogens is 158 g/mol. The Morgan fingerprint density at radius 2 is 1.62 bits per heavy atom. The monoisotopic (exact) mass is 186 g/mol. The van der Waals surface area contributed by atoms with E-state index in [1.165, 1.54) is 30.3 Å². The van der Waals surface area contributed by atoms with E-state index in [0.717, 1.165) is 12.0 Å². The van der Waals surface area contributed by atoms with Crippen LogP contribution in [-0.2, 0) is 0 Å². The van der Waals surface area contributed by atoms with E-state index < -0.39 is 0 Å². The van der Waals surface area contributed by atoms with E-state index in [-0.39, 0.29) is 0 Å². The number of quaternary nitrogens is 1. The summed E-state index contributed by atoms with van der Waals surface area (Å²) < 4.78 is 1.18. The first-order valence-electron chi connectivity index (χ1n) is 5.76. The minimum Gasteiger partial charge on any atom is -0.326 e. The van der Waals surface area contributed by atoms with Crippen LogP contribution in [0.3, 0.4) is 0 Å². The van der Waals surface area contributed by atoms with E-state index in [1.54, 1.807) is 0 Å². The number of hydrogen-bond donors (Lipinski definition) is 0. The van der Waals surface area contributed by atoms with Crippen LogP contribution >= 0.6 is 0 Å². The van der Waals surface area contributed by atoms with Gasteiger partial charge in [0.1, 0.15) is 0 Å². The summed E-state index contributed by atoms with van der Waals surface area (Å²) in [6.07, 6.45) is 3.97. The first kappa shape index (κ1) is 13.0. The van der Waals surface area contributed by atoms with Gasteiger partial charge in [-0.15, -0.1) is 0 Å². The maximum atomic E-state index is 2.39. The van der Waals surface area contributed by atoms with Gasteiger partial charge >= 0.3 is 0 Å². The average Bonchev–Trinajstić information content (AvgIpc) is 2.04. The Kier molecular flexibility index (Phi) is 5.62. The molecule has 0 aliphatic rings. The molecule has 0 bridgehead atoms. The lowest BCUT2D eigenvalue weighted by molar-refractivity contribution is -0.913. The molecule has 0 fully saturated rings. The molecule has 0 saturated carbocycles. The first-order chi connectivity index (χ1) is 5.94. The van der Waals surface area contributed by atoms with Gasteiger partial charge < -0.3 is 4.48 Å². The van der Waals surface area contributed by atoms with Crippen LogP contribution in [0, 0.1) is 5.92 Å². The molecule has 0 aromatic carbocycles. The van der Waals surface area contributed by atoms with Crippen LogP contribution in [0.2, 0.25) is 0 Å². The topological polar surface area (TPSA) is 0 Å². The summed E-state index contributed by atoms with van der Waals surface area (Å²) >= 11 is 0. The van der Waals surface area contributed by atoms with Crippen molar-refractivity contribution in [2.45, 2.75) is 53.0 Å². The molecule has 0 aliphatic heterocycles. The molecule has 1 heteroatoms. The minimum absolute atomic E-state index is 0.801. The smallest absolute Gasteiger partial charge is 0.0860 e. The van der Waals surface area contributed by atoms with Gasteiger partial charge in [-0.25, -0.2) is 0 Å². The zero-order valence-corrected chi connectivity index (χ0v) is 10.4. The third-order valence-electron chi connectivity index (χ3n) is 3.43. The van der Waals surface area contributed by atoms with Gasteiger partial charge in [0.25, 0.3) is 0 Å². The Bertz CT molecular complexity index is 129. The fourth-order valence-corrected chi connectivity index (χ4v) is 1.83. The van der Waals surface area contributed by atoms with Gasteiger partial charge in [0, 0.05) is 6.42 Å². The molecule has 1 nitrogen and oxygen atoms in total. The zero-order valence-electron chi connectivity index (χ0n) is 10.4. The Morgan fingerprint density at radius 3 is 2.00 bits per heavy atom. The summed E-state index contributed by atoms with van der Waals surface area (Å²) in [5, 5.41) is 0. The van der Waals surface area contributed by atoms with Crippen LogP contribution in [0.5, 0.6) is 0 Å². The third kappa shape index (κ3) is 4.66. The van der Waals surface area contributed by atoms with Gasteiger partial charge in [0.05, 0.1) is 26.7 Å². The Morgan fingerprint density at radius 1 is 1.08 bits per heavy atom. The molecule has 0 N–H and O–H groups in total. The number of rotatable bonds is 6. The van der Waals surface area contributed by atoms with Crippen molar-refractivity contribution in [1.29, 1.82) is 0 Å². The van der Waals surface area contributed by atoms with Crippen molar-refractivity contribution in [3.05, 3.63) is 0 Å². The molecular formula is C12H28N+. The van der Waals surface area contributed by atoms with E-state index in [9.17, 15) is 0 Å². The van der Waals surface area contributed by atoms with E-state index in [0.29, 0.717) is 0 Å². The first-order valence-corrected chi connectivity index (χ1v) is 5.76. The van der Waals surface area contributed by atoms with Crippen LogP contribution in [0.4, 0.5) is 0 Å². The van der Waals surface area contributed by atoms with Crippen molar-refractivity contribution >= 4 is 0 Å². The quantitative estimate of drug-likeness (QED) is 0.558. The van der Waals surface area contributed by atoms with Crippen LogP contribution < -0.4 is 0 Å². The summed E-state index contributed by atoms with van der Waals surface area (Å²) in [6.45, 7) is 10.6. The van der Waals surface area contributed by atoms with Crippen LogP contribution in [0.25, 0.3) is 0 Å². The Hall–Kier alpha value is -0.0400. The number of nitrogens with zero attached hydrogens (tertiary/aromatic N) is 1. The highest BCUT2D eigenvalue weighted by molar-refractivity contribution is 4.57. The Balaban J connectivity index is 3.99. The van der Waals surface area contributed by atoms with Crippen molar-refractivity contribution in [3.8, 4) is 0 Å². The van der Waals surface area contributed by atoms with Gasteiger partial charge in [0.15, 0.2) is 0 Å². The third-order valence-corrected chi connectivity index (χ3v) is 3.43. The molecule has 0 spiro atoms. The molecule has 0 heterocycles. The lowest BCUT2D eigenvalue weighted by Gasteiger charge is -2.37. The second-order valence-electron chi connectivity index (χ2n) is 5.10. The number of hydrogen-bond acceptors (Lipinski definition) is 0. The molecule has 0 aliphatic carbocycles. The molecule has 2 unspecified atom stereocenters. The van der Waals surface area contributed by atoms with Gasteiger partial charge in [-0.3, -0.25) is 0 Å². The predicted molar refractivity (Wildman–Crippen MR) is 60.8 cm³/mol. The van der Waals surface area contributed by atoms with Crippen LogP contribution in [-0.4, -0.2) is 31.2 Å². The average molecular weight is 186 g/mol. The van der Waals surface area contributed by atoms with Crippen molar-refractivity contribution in [3.63, 3.8) is 0 Å². The minimum atomic E-state index is 0.801. The van der Waals surface area contributed by atoms with E-state index >= 15 is 0 Å². The second-order valence-corrected chi connectivity index (χ2v) is 5.10. The summed E-state index contributed by atoms with van der Waals surface area (Å²) in [7, 11) is 4.72. The summed E-state index contributed by atoms with van der Waals surface area (Å²) in [5.74, 6) is 0.879. The highest BCUT2D eigenvalue weighted by atomic mass is 15.3. The maximum absolute atomic E-state index is 2.39. The molecule has 0 aromatic rings. The summed E-state index contributed by atoms with van der Waals surface area (Å²) in [4.78, 5) is 0.